The molecule has 0 radical (unpaired) electrons. The summed E-state index contributed by atoms with van der Waals surface area (Å²) in [7, 11) is 0. The van der Waals surface area contributed by atoms with Gasteiger partial charge in [-0.2, -0.15) is 4.98 Å². The molecule has 1 saturated heterocycles. The number of hydrogen-bond donors (Lipinski definition) is 1. The molecule has 0 aliphatic carbocycles. The molecule has 2 aromatic rings. The zero-order chi connectivity index (χ0) is 12.5. The Hall–Kier alpha value is -1.56. The largest absolute Gasteiger partial charge is 0.397 e. The van der Waals surface area contributed by atoms with Crippen molar-refractivity contribution in [3.05, 3.63) is 10.9 Å². The smallest absolute Gasteiger partial charge is 0.271 e. The predicted molar refractivity (Wildman–Crippen MR) is 72.8 cm³/mol. The van der Waals surface area contributed by atoms with E-state index >= 15 is 0 Å². The summed E-state index contributed by atoms with van der Waals surface area (Å²) in [4.78, 5) is 7.51. The van der Waals surface area contributed by atoms with E-state index in [-0.39, 0.29) is 0 Å². The lowest BCUT2D eigenvalue weighted by molar-refractivity contribution is 0.427. The zero-order valence-corrected chi connectivity index (χ0v) is 11.2. The summed E-state index contributed by atoms with van der Waals surface area (Å²) >= 11 is 1.55. The zero-order valence-electron chi connectivity index (χ0n) is 10.3. The lowest BCUT2D eigenvalue weighted by Crippen LogP contribution is -2.30. The van der Waals surface area contributed by atoms with E-state index in [0.29, 0.717) is 11.8 Å². The monoisotopic (exact) mass is 264 g/mol. The van der Waals surface area contributed by atoms with E-state index < -0.39 is 0 Å². The van der Waals surface area contributed by atoms with Gasteiger partial charge in [-0.15, -0.1) is 11.3 Å². The molecule has 3 heterocycles. The summed E-state index contributed by atoms with van der Waals surface area (Å²) in [5.41, 5.74) is 7.80. The summed E-state index contributed by atoms with van der Waals surface area (Å²) in [6.07, 6.45) is 3.69. The number of thiophene rings is 1. The van der Waals surface area contributed by atoms with Crippen molar-refractivity contribution in [2.75, 3.05) is 23.7 Å². The number of nitrogens with zero attached hydrogens (tertiary/aromatic N) is 3. The molecule has 0 amide bonds. The number of nitrogen functional groups attached to an aromatic ring is 1. The lowest BCUT2D eigenvalue weighted by Gasteiger charge is -2.24. The average Bonchev–Trinajstić information content (AvgIpc) is 3.00. The Kier molecular flexibility index (Phi) is 2.95. The van der Waals surface area contributed by atoms with Gasteiger partial charge in [-0.05, 0) is 42.3 Å². The molecular formula is C12H16N4OS. The second-order valence-electron chi connectivity index (χ2n) is 4.61. The van der Waals surface area contributed by atoms with Gasteiger partial charge in [0.1, 0.15) is 4.88 Å². The number of aryl methyl sites for hydroxylation is 1. The van der Waals surface area contributed by atoms with Crippen LogP contribution in [0.1, 0.15) is 24.8 Å². The molecule has 0 bridgehead atoms. The summed E-state index contributed by atoms with van der Waals surface area (Å²) < 4.78 is 5.33. The van der Waals surface area contributed by atoms with Crippen molar-refractivity contribution in [1.82, 2.24) is 10.1 Å². The van der Waals surface area contributed by atoms with E-state index in [1.165, 1.54) is 19.3 Å². The van der Waals surface area contributed by atoms with Gasteiger partial charge >= 0.3 is 0 Å². The Bertz CT molecular complexity index is 542. The predicted octanol–water partition coefficient (Wildman–Crippen LogP) is 2.68. The van der Waals surface area contributed by atoms with Crippen LogP contribution in [0, 0.1) is 6.92 Å². The molecule has 0 aromatic carbocycles. The van der Waals surface area contributed by atoms with Crippen LogP contribution in [-0.2, 0) is 0 Å². The summed E-state index contributed by atoms with van der Waals surface area (Å²) in [5, 5.41) is 6.07. The van der Waals surface area contributed by atoms with E-state index in [2.05, 4.69) is 15.0 Å². The van der Waals surface area contributed by atoms with E-state index in [1.54, 1.807) is 11.3 Å². The molecule has 3 rings (SSSR count). The van der Waals surface area contributed by atoms with Crippen LogP contribution in [0.5, 0.6) is 0 Å². The third-order valence-corrected chi connectivity index (χ3v) is 4.37. The van der Waals surface area contributed by atoms with E-state index in [0.717, 1.165) is 29.2 Å². The van der Waals surface area contributed by atoms with Crippen molar-refractivity contribution in [1.29, 1.82) is 0 Å². The van der Waals surface area contributed by atoms with Crippen molar-refractivity contribution in [2.24, 2.45) is 0 Å². The molecule has 96 valence electrons. The minimum Gasteiger partial charge on any atom is -0.397 e. The van der Waals surface area contributed by atoms with E-state index in [9.17, 15) is 0 Å². The topological polar surface area (TPSA) is 68.2 Å². The fourth-order valence-electron chi connectivity index (χ4n) is 2.15. The molecule has 1 fully saturated rings. The van der Waals surface area contributed by atoms with Gasteiger partial charge in [0.05, 0.1) is 5.69 Å². The molecule has 0 atom stereocenters. The Balaban J connectivity index is 1.87. The molecular weight excluding hydrogens is 248 g/mol. The average molecular weight is 264 g/mol. The molecule has 6 heteroatoms. The highest BCUT2D eigenvalue weighted by molar-refractivity contribution is 7.14. The molecule has 1 aliphatic heterocycles. The van der Waals surface area contributed by atoms with Crippen molar-refractivity contribution in [3.8, 4) is 10.8 Å². The van der Waals surface area contributed by atoms with Gasteiger partial charge < -0.3 is 15.2 Å². The van der Waals surface area contributed by atoms with Crippen LogP contribution < -0.4 is 10.6 Å². The normalized spacial score (nSPS) is 16.2. The maximum atomic E-state index is 5.99. The van der Waals surface area contributed by atoms with Crippen LogP contribution in [0.15, 0.2) is 9.90 Å². The van der Waals surface area contributed by atoms with E-state index in [4.69, 9.17) is 10.3 Å². The van der Waals surface area contributed by atoms with Crippen LogP contribution >= 0.6 is 11.3 Å². The third-order valence-electron chi connectivity index (χ3n) is 3.27. The summed E-state index contributed by atoms with van der Waals surface area (Å²) in [5.74, 6) is 1.22. The summed E-state index contributed by atoms with van der Waals surface area (Å²) in [6.45, 7) is 4.01. The van der Waals surface area contributed by atoms with Crippen LogP contribution in [0.3, 0.4) is 0 Å². The van der Waals surface area contributed by atoms with Gasteiger partial charge in [0.2, 0.25) is 0 Å². The highest BCUT2D eigenvalue weighted by atomic mass is 32.1. The van der Waals surface area contributed by atoms with Crippen LogP contribution in [0.25, 0.3) is 10.8 Å². The van der Waals surface area contributed by atoms with Crippen molar-refractivity contribution in [2.45, 2.75) is 26.2 Å². The Morgan fingerprint density at radius 2 is 2.11 bits per heavy atom. The van der Waals surface area contributed by atoms with Gasteiger partial charge in [0.15, 0.2) is 0 Å². The minimum absolute atomic E-state index is 0.533. The SMILES string of the molecule is Cc1csc(-c2nc(N3CCCCC3)no2)c1N. The van der Waals surface area contributed by atoms with Gasteiger partial charge in [-0.25, -0.2) is 0 Å². The first-order valence-electron chi connectivity index (χ1n) is 6.18. The van der Waals surface area contributed by atoms with Gasteiger partial charge in [-0.1, -0.05) is 0 Å². The number of hydrogen-bond acceptors (Lipinski definition) is 6. The van der Waals surface area contributed by atoms with Crippen molar-refractivity contribution < 1.29 is 4.52 Å². The van der Waals surface area contributed by atoms with Gasteiger partial charge in [0.25, 0.3) is 11.8 Å². The number of rotatable bonds is 2. The Labute approximate surface area is 110 Å². The second kappa shape index (κ2) is 4.61. The molecule has 2 N–H and O–H groups in total. The number of piperidine rings is 1. The fourth-order valence-corrected chi connectivity index (χ4v) is 3.04. The van der Waals surface area contributed by atoms with Crippen molar-refractivity contribution >= 4 is 23.0 Å². The van der Waals surface area contributed by atoms with Crippen LogP contribution in [0.4, 0.5) is 11.6 Å². The number of nitrogens with two attached hydrogens (primary N) is 1. The quantitative estimate of drug-likeness (QED) is 0.903. The Morgan fingerprint density at radius 3 is 2.78 bits per heavy atom. The van der Waals surface area contributed by atoms with Crippen LogP contribution in [0.2, 0.25) is 0 Å². The van der Waals surface area contributed by atoms with Crippen molar-refractivity contribution in [3.63, 3.8) is 0 Å². The summed E-state index contributed by atoms with van der Waals surface area (Å²) in [6, 6.07) is 0. The Morgan fingerprint density at radius 1 is 1.33 bits per heavy atom. The van der Waals surface area contributed by atoms with E-state index in [1.807, 2.05) is 12.3 Å². The highest BCUT2D eigenvalue weighted by Crippen LogP contribution is 2.34. The molecule has 2 aromatic heterocycles. The highest BCUT2D eigenvalue weighted by Gasteiger charge is 2.19. The fraction of sp³-hybridized carbons (Fsp3) is 0.500. The third kappa shape index (κ3) is 1.96. The standard InChI is InChI=1S/C12H16N4OS/c1-8-7-18-10(9(8)13)11-14-12(15-17-11)16-5-3-2-4-6-16/h7H,2-6,13H2,1H3. The first-order valence-corrected chi connectivity index (χ1v) is 7.06. The minimum atomic E-state index is 0.533. The van der Waals surface area contributed by atoms with Gasteiger partial charge in [-0.3, -0.25) is 0 Å². The molecule has 5 nitrogen and oxygen atoms in total. The number of aromatic nitrogens is 2. The molecule has 18 heavy (non-hydrogen) atoms. The first-order chi connectivity index (χ1) is 8.75. The van der Waals surface area contributed by atoms with Crippen LogP contribution in [-0.4, -0.2) is 23.2 Å². The maximum absolute atomic E-state index is 5.99. The molecule has 1 aliphatic rings. The molecule has 0 saturated carbocycles. The van der Waals surface area contributed by atoms with Gasteiger partial charge in [0, 0.05) is 13.1 Å². The number of anilines is 2. The molecule has 0 spiro atoms. The maximum Gasteiger partial charge on any atom is 0.271 e. The molecule has 0 unspecified atom stereocenters. The second-order valence-corrected chi connectivity index (χ2v) is 5.49. The lowest BCUT2D eigenvalue weighted by atomic mass is 10.1. The first kappa shape index (κ1) is 11.5.